The van der Waals surface area contributed by atoms with Gasteiger partial charge in [0.25, 0.3) is 0 Å². The molecule has 6 heteroatoms. The number of Topliss-reactive ketones (excluding diaryl/α,β-unsaturated/α-hetero) is 1. The fraction of sp³-hybridized carbons (Fsp3) is 0.481. The molecule has 2 aromatic heterocycles. The smallest absolute Gasteiger partial charge is 0.152 e. The zero-order valence-electron chi connectivity index (χ0n) is 19.7. The summed E-state index contributed by atoms with van der Waals surface area (Å²) in [7, 11) is 0. The lowest BCUT2D eigenvalue weighted by atomic mass is 10.1. The molecule has 3 heterocycles. The van der Waals surface area contributed by atoms with Crippen LogP contribution in [0.5, 0.6) is 5.75 Å². The number of nitrogens with zero attached hydrogens (tertiary/aromatic N) is 3. The summed E-state index contributed by atoms with van der Waals surface area (Å²) in [4.78, 5) is 19.9. The number of hydrogen-bond donors (Lipinski definition) is 0. The van der Waals surface area contributed by atoms with Gasteiger partial charge in [-0.2, -0.15) is 0 Å². The van der Waals surface area contributed by atoms with Crippen LogP contribution in [-0.2, 0) is 11.3 Å². The number of hydrogen-bond acceptors (Lipinski definition) is 4. The predicted molar refractivity (Wildman–Crippen MR) is 135 cm³/mol. The molecule has 0 spiro atoms. The molecule has 4 rings (SSSR count). The highest BCUT2D eigenvalue weighted by molar-refractivity contribution is 6.30. The summed E-state index contributed by atoms with van der Waals surface area (Å²) in [6.07, 6.45) is 7.32. The number of likely N-dealkylation sites (tertiary alicyclic amines) is 1. The molecule has 176 valence electrons. The molecule has 1 aliphatic rings. The van der Waals surface area contributed by atoms with Gasteiger partial charge in [-0.15, -0.1) is 0 Å². The number of rotatable bonds is 10. The molecule has 1 aromatic carbocycles. The summed E-state index contributed by atoms with van der Waals surface area (Å²) in [5.74, 6) is 1.29. The molecule has 0 radical (unpaired) electrons. The monoisotopic (exact) mass is 467 g/mol. The van der Waals surface area contributed by atoms with Gasteiger partial charge in [0, 0.05) is 23.4 Å². The van der Waals surface area contributed by atoms with Gasteiger partial charge < -0.3 is 14.2 Å². The average Bonchev–Trinajstić information content (AvgIpc) is 3.14. The van der Waals surface area contributed by atoms with E-state index in [1.807, 2.05) is 34.9 Å². The summed E-state index contributed by atoms with van der Waals surface area (Å²) >= 11 is 6.26. The van der Waals surface area contributed by atoms with Crippen molar-refractivity contribution in [2.45, 2.75) is 52.5 Å². The Balaban J connectivity index is 1.52. The number of halogens is 1. The van der Waals surface area contributed by atoms with E-state index in [-0.39, 0.29) is 5.78 Å². The molecule has 5 nitrogen and oxygen atoms in total. The van der Waals surface area contributed by atoms with Crippen LogP contribution in [0.25, 0.3) is 22.3 Å². The molecule has 33 heavy (non-hydrogen) atoms. The predicted octanol–water partition coefficient (Wildman–Crippen LogP) is 6.23. The van der Waals surface area contributed by atoms with Crippen molar-refractivity contribution in [3.63, 3.8) is 0 Å². The number of carbonyl (C=O) groups excluding carboxylic acids is 1. The number of ether oxygens (including phenoxy) is 1. The molecule has 1 saturated heterocycles. The normalized spacial score (nSPS) is 14.8. The number of pyridine rings is 1. The first kappa shape index (κ1) is 23.8. The van der Waals surface area contributed by atoms with E-state index in [9.17, 15) is 4.79 Å². The molecule has 1 aliphatic heterocycles. The molecule has 3 aromatic rings. The van der Waals surface area contributed by atoms with Crippen LogP contribution < -0.4 is 4.74 Å². The standard InChI is InChI=1S/C27H34ClN3O2/c1-20(2)14-24(32)19-31-26(21-8-6-9-23(28)15-21)17-22-16-25(18-29-27(22)31)33-13-7-12-30-10-4-3-5-11-30/h6,8-9,15-18,20H,3-5,7,10-14,19H2,1-2H3. The van der Waals surface area contributed by atoms with Crippen LogP contribution >= 0.6 is 11.6 Å². The molecular formula is C27H34ClN3O2. The Morgan fingerprint density at radius 1 is 1.15 bits per heavy atom. The Morgan fingerprint density at radius 3 is 2.73 bits per heavy atom. The second-order valence-electron chi connectivity index (χ2n) is 9.45. The van der Waals surface area contributed by atoms with Gasteiger partial charge in [-0.05, 0) is 68.1 Å². The van der Waals surface area contributed by atoms with Crippen molar-refractivity contribution < 1.29 is 9.53 Å². The maximum atomic E-state index is 12.7. The topological polar surface area (TPSA) is 47.4 Å². The van der Waals surface area contributed by atoms with Gasteiger partial charge in [0.05, 0.1) is 25.0 Å². The number of piperidine rings is 1. The van der Waals surface area contributed by atoms with Crippen LogP contribution in [0, 0.1) is 5.92 Å². The van der Waals surface area contributed by atoms with Crippen LogP contribution in [0.3, 0.4) is 0 Å². The third-order valence-corrected chi connectivity index (χ3v) is 6.37. The first-order valence-electron chi connectivity index (χ1n) is 12.1. The van der Waals surface area contributed by atoms with E-state index in [1.54, 1.807) is 6.20 Å². The minimum absolute atomic E-state index is 0.200. The largest absolute Gasteiger partial charge is 0.492 e. The van der Waals surface area contributed by atoms with E-state index in [2.05, 4.69) is 24.8 Å². The number of carbonyl (C=O) groups is 1. The Labute approximate surface area is 201 Å². The minimum atomic E-state index is 0.200. The van der Waals surface area contributed by atoms with Crippen molar-refractivity contribution in [3.8, 4) is 17.0 Å². The van der Waals surface area contributed by atoms with E-state index < -0.39 is 0 Å². The number of fused-ring (bicyclic) bond motifs is 1. The van der Waals surface area contributed by atoms with Crippen molar-refractivity contribution in [3.05, 3.63) is 47.6 Å². The molecule has 0 N–H and O–H groups in total. The summed E-state index contributed by atoms with van der Waals surface area (Å²) in [6, 6.07) is 11.8. The number of ketones is 1. The number of benzene rings is 1. The van der Waals surface area contributed by atoms with Crippen LogP contribution in [0.15, 0.2) is 42.6 Å². The first-order valence-corrected chi connectivity index (χ1v) is 12.5. The van der Waals surface area contributed by atoms with Gasteiger partial charge in [-0.1, -0.05) is 44.0 Å². The fourth-order valence-electron chi connectivity index (χ4n) is 4.61. The maximum Gasteiger partial charge on any atom is 0.152 e. The summed E-state index contributed by atoms with van der Waals surface area (Å²) in [5, 5.41) is 1.64. The number of aromatic nitrogens is 2. The molecule has 0 amide bonds. The second kappa shape index (κ2) is 11.2. The second-order valence-corrected chi connectivity index (χ2v) is 9.89. The Hall–Kier alpha value is -2.37. The molecule has 0 saturated carbocycles. The maximum absolute atomic E-state index is 12.7. The van der Waals surface area contributed by atoms with Gasteiger partial charge >= 0.3 is 0 Å². The third kappa shape index (κ3) is 6.36. The van der Waals surface area contributed by atoms with Gasteiger partial charge in [0.1, 0.15) is 11.4 Å². The highest BCUT2D eigenvalue weighted by Crippen LogP contribution is 2.31. The van der Waals surface area contributed by atoms with E-state index in [0.29, 0.717) is 30.5 Å². The van der Waals surface area contributed by atoms with Gasteiger partial charge in [-0.25, -0.2) is 4.98 Å². The van der Waals surface area contributed by atoms with Crippen molar-refractivity contribution in [2.24, 2.45) is 5.92 Å². The molecular weight excluding hydrogens is 434 g/mol. The first-order chi connectivity index (χ1) is 16.0. The SMILES string of the molecule is CC(C)CC(=O)Cn1c(-c2cccc(Cl)c2)cc2cc(OCCCN3CCCCC3)cnc21. The van der Waals surface area contributed by atoms with Crippen molar-refractivity contribution in [1.29, 1.82) is 0 Å². The van der Waals surface area contributed by atoms with Crippen LogP contribution in [0.4, 0.5) is 0 Å². The molecule has 0 atom stereocenters. The highest BCUT2D eigenvalue weighted by Gasteiger charge is 2.17. The van der Waals surface area contributed by atoms with Gasteiger partial charge in [-0.3, -0.25) is 4.79 Å². The van der Waals surface area contributed by atoms with Crippen LogP contribution in [0.1, 0.15) is 46.0 Å². The molecule has 0 unspecified atom stereocenters. The Morgan fingerprint density at radius 2 is 1.97 bits per heavy atom. The lowest BCUT2D eigenvalue weighted by Crippen LogP contribution is -2.31. The lowest BCUT2D eigenvalue weighted by Gasteiger charge is -2.26. The third-order valence-electron chi connectivity index (χ3n) is 6.14. The molecule has 1 fully saturated rings. The lowest BCUT2D eigenvalue weighted by molar-refractivity contribution is -0.120. The zero-order chi connectivity index (χ0) is 23.2. The molecule has 0 bridgehead atoms. The average molecular weight is 468 g/mol. The summed E-state index contributed by atoms with van der Waals surface area (Å²) in [6.45, 7) is 8.62. The van der Waals surface area contributed by atoms with Crippen LogP contribution in [-0.4, -0.2) is 46.5 Å². The van der Waals surface area contributed by atoms with Crippen molar-refractivity contribution >= 4 is 28.4 Å². The van der Waals surface area contributed by atoms with Gasteiger partial charge in [0.2, 0.25) is 0 Å². The Kier molecular flexibility index (Phi) is 8.05. The fourth-order valence-corrected chi connectivity index (χ4v) is 4.80. The quantitative estimate of drug-likeness (QED) is 0.332. The highest BCUT2D eigenvalue weighted by atomic mass is 35.5. The van der Waals surface area contributed by atoms with E-state index in [1.165, 1.54) is 32.4 Å². The summed E-state index contributed by atoms with van der Waals surface area (Å²) in [5.41, 5.74) is 2.71. The van der Waals surface area contributed by atoms with Crippen LogP contribution in [0.2, 0.25) is 5.02 Å². The van der Waals surface area contributed by atoms with E-state index in [4.69, 9.17) is 21.3 Å². The summed E-state index contributed by atoms with van der Waals surface area (Å²) < 4.78 is 8.03. The van der Waals surface area contributed by atoms with E-state index in [0.717, 1.165) is 41.0 Å². The molecule has 0 aliphatic carbocycles. The minimum Gasteiger partial charge on any atom is -0.492 e. The van der Waals surface area contributed by atoms with Crippen molar-refractivity contribution in [2.75, 3.05) is 26.2 Å². The van der Waals surface area contributed by atoms with E-state index >= 15 is 0 Å². The zero-order valence-corrected chi connectivity index (χ0v) is 20.5. The van der Waals surface area contributed by atoms with Crippen molar-refractivity contribution in [1.82, 2.24) is 14.5 Å². The van der Waals surface area contributed by atoms with Gasteiger partial charge in [0.15, 0.2) is 5.78 Å². The Bertz CT molecular complexity index is 1090.